The highest BCUT2D eigenvalue weighted by Gasteiger charge is 2.28. The van der Waals surface area contributed by atoms with E-state index in [9.17, 15) is 4.79 Å². The molecule has 5 heteroatoms. The van der Waals surface area contributed by atoms with Gasteiger partial charge in [0, 0.05) is 11.2 Å². The standard InChI is InChI=1S/C18H18ClNO2S/c19-16-10-8-14(9-11-16)13-4-6-15(7-5-13)18(21)22-20-12-2-1-3-17(20)23/h1-3,8-13,15H,4-7H2. The van der Waals surface area contributed by atoms with E-state index in [1.165, 1.54) is 10.3 Å². The predicted octanol–water partition coefficient (Wildman–Crippen LogP) is 4.80. The minimum Gasteiger partial charge on any atom is -0.335 e. The molecular formula is C18H18ClNO2S. The van der Waals surface area contributed by atoms with E-state index >= 15 is 0 Å². The summed E-state index contributed by atoms with van der Waals surface area (Å²) in [5.74, 6) is 0.248. The monoisotopic (exact) mass is 347 g/mol. The molecule has 0 bridgehead atoms. The minimum absolute atomic E-state index is 0.0549. The van der Waals surface area contributed by atoms with Gasteiger partial charge < -0.3 is 4.84 Å². The Kier molecular flexibility index (Phi) is 5.13. The van der Waals surface area contributed by atoms with Gasteiger partial charge in [-0.3, -0.25) is 0 Å². The van der Waals surface area contributed by atoms with Gasteiger partial charge in [0.05, 0.1) is 5.92 Å². The summed E-state index contributed by atoms with van der Waals surface area (Å²) < 4.78 is 1.86. The van der Waals surface area contributed by atoms with Gasteiger partial charge in [-0.05, 0) is 61.4 Å². The van der Waals surface area contributed by atoms with Crippen LogP contribution in [0.15, 0.2) is 48.7 Å². The number of carbonyl (C=O) groups excluding carboxylic acids is 1. The zero-order valence-corrected chi connectivity index (χ0v) is 14.2. The van der Waals surface area contributed by atoms with E-state index in [0.29, 0.717) is 10.6 Å². The Bertz CT molecular complexity index is 733. The van der Waals surface area contributed by atoms with Gasteiger partial charge in [0.15, 0.2) is 0 Å². The van der Waals surface area contributed by atoms with Crippen LogP contribution in [0, 0.1) is 10.6 Å². The van der Waals surface area contributed by atoms with Crippen LogP contribution in [0.25, 0.3) is 0 Å². The number of halogens is 1. The first-order valence-corrected chi connectivity index (χ1v) is 8.57. The SMILES string of the molecule is O=C(On1ccccc1=S)C1CCC(c2ccc(Cl)cc2)CC1. The molecule has 3 rings (SSSR count). The van der Waals surface area contributed by atoms with Crippen molar-refractivity contribution in [3.05, 3.63) is 63.9 Å². The third-order valence-corrected chi connectivity index (χ3v) is 4.95. The maximum absolute atomic E-state index is 12.3. The molecule has 1 heterocycles. The molecule has 0 spiro atoms. The minimum atomic E-state index is -0.193. The highest BCUT2D eigenvalue weighted by molar-refractivity contribution is 7.71. The second-order valence-electron chi connectivity index (χ2n) is 5.88. The van der Waals surface area contributed by atoms with Crippen LogP contribution in [0.2, 0.25) is 5.02 Å². The van der Waals surface area contributed by atoms with Crippen molar-refractivity contribution in [3.63, 3.8) is 0 Å². The first kappa shape index (κ1) is 16.2. The molecular weight excluding hydrogens is 330 g/mol. The largest absolute Gasteiger partial charge is 0.335 e. The topological polar surface area (TPSA) is 31.2 Å². The quantitative estimate of drug-likeness (QED) is 0.747. The number of hydrogen-bond acceptors (Lipinski definition) is 3. The number of rotatable bonds is 3. The van der Waals surface area contributed by atoms with E-state index in [-0.39, 0.29) is 11.9 Å². The van der Waals surface area contributed by atoms with Crippen LogP contribution in [0.3, 0.4) is 0 Å². The Morgan fingerprint density at radius 3 is 2.43 bits per heavy atom. The molecule has 2 aromatic rings. The second-order valence-corrected chi connectivity index (χ2v) is 6.73. The molecule has 0 saturated heterocycles. The summed E-state index contributed by atoms with van der Waals surface area (Å²) in [7, 11) is 0. The molecule has 0 amide bonds. The fourth-order valence-corrected chi connectivity index (χ4v) is 3.36. The number of pyridine rings is 1. The van der Waals surface area contributed by atoms with Gasteiger partial charge in [0.2, 0.25) is 0 Å². The van der Waals surface area contributed by atoms with E-state index < -0.39 is 0 Å². The lowest BCUT2D eigenvalue weighted by Crippen LogP contribution is -2.30. The van der Waals surface area contributed by atoms with Crippen molar-refractivity contribution in [3.8, 4) is 0 Å². The lowest BCUT2D eigenvalue weighted by molar-refractivity contribution is -0.150. The van der Waals surface area contributed by atoms with Crippen molar-refractivity contribution >= 4 is 29.8 Å². The fourth-order valence-electron chi connectivity index (χ4n) is 3.06. The van der Waals surface area contributed by atoms with Gasteiger partial charge in [0.25, 0.3) is 0 Å². The van der Waals surface area contributed by atoms with Crippen LogP contribution in [0.5, 0.6) is 0 Å². The summed E-state index contributed by atoms with van der Waals surface area (Å²) in [6, 6.07) is 13.4. The summed E-state index contributed by atoms with van der Waals surface area (Å²) in [6.45, 7) is 0. The lowest BCUT2D eigenvalue weighted by atomic mass is 9.79. The van der Waals surface area contributed by atoms with Crippen LogP contribution in [-0.2, 0) is 4.79 Å². The molecule has 1 aromatic carbocycles. The van der Waals surface area contributed by atoms with Crippen molar-refractivity contribution in [2.75, 3.05) is 0 Å². The highest BCUT2D eigenvalue weighted by atomic mass is 35.5. The first-order chi connectivity index (χ1) is 11.1. The fraction of sp³-hybridized carbons (Fsp3) is 0.333. The summed E-state index contributed by atoms with van der Waals surface area (Å²) in [5, 5.41) is 0.755. The van der Waals surface area contributed by atoms with E-state index in [1.54, 1.807) is 18.3 Å². The Morgan fingerprint density at radius 2 is 1.78 bits per heavy atom. The molecule has 1 aliphatic carbocycles. The van der Waals surface area contributed by atoms with E-state index in [1.807, 2.05) is 18.2 Å². The molecule has 1 aliphatic rings. The number of nitrogens with zero attached hydrogens (tertiary/aromatic N) is 1. The normalized spacial score (nSPS) is 20.9. The van der Waals surface area contributed by atoms with Crippen molar-refractivity contribution in [2.45, 2.75) is 31.6 Å². The Balaban J connectivity index is 1.58. The van der Waals surface area contributed by atoms with Gasteiger partial charge in [-0.15, -0.1) is 0 Å². The summed E-state index contributed by atoms with van der Waals surface area (Å²) >= 11 is 11.1. The number of hydrogen-bond donors (Lipinski definition) is 0. The maximum Gasteiger partial charge on any atom is 0.335 e. The molecule has 1 aromatic heterocycles. The first-order valence-electron chi connectivity index (χ1n) is 7.79. The van der Waals surface area contributed by atoms with Crippen LogP contribution < -0.4 is 4.84 Å². The van der Waals surface area contributed by atoms with Crippen molar-refractivity contribution in [2.24, 2.45) is 5.92 Å². The van der Waals surface area contributed by atoms with Crippen LogP contribution in [0.1, 0.15) is 37.2 Å². The van der Waals surface area contributed by atoms with E-state index in [2.05, 4.69) is 12.1 Å². The molecule has 0 atom stereocenters. The number of carbonyl (C=O) groups is 1. The molecule has 120 valence electrons. The molecule has 0 N–H and O–H groups in total. The lowest BCUT2D eigenvalue weighted by Gasteiger charge is -2.27. The molecule has 1 fully saturated rings. The van der Waals surface area contributed by atoms with Gasteiger partial charge in [0.1, 0.15) is 4.64 Å². The zero-order chi connectivity index (χ0) is 16.2. The zero-order valence-electron chi connectivity index (χ0n) is 12.7. The number of benzene rings is 1. The van der Waals surface area contributed by atoms with Gasteiger partial charge in [-0.1, -0.05) is 42.0 Å². The average molecular weight is 348 g/mol. The van der Waals surface area contributed by atoms with Crippen molar-refractivity contribution in [1.82, 2.24) is 4.73 Å². The van der Waals surface area contributed by atoms with Crippen molar-refractivity contribution in [1.29, 1.82) is 0 Å². The molecule has 23 heavy (non-hydrogen) atoms. The Morgan fingerprint density at radius 1 is 1.09 bits per heavy atom. The van der Waals surface area contributed by atoms with Crippen LogP contribution >= 0.6 is 23.8 Å². The van der Waals surface area contributed by atoms with Gasteiger partial charge in [-0.25, -0.2) is 4.79 Å². The smallest absolute Gasteiger partial charge is 0.335 e. The van der Waals surface area contributed by atoms with Crippen molar-refractivity contribution < 1.29 is 9.63 Å². The van der Waals surface area contributed by atoms with E-state index in [4.69, 9.17) is 28.7 Å². The van der Waals surface area contributed by atoms with Gasteiger partial charge >= 0.3 is 5.97 Å². The molecule has 0 radical (unpaired) electrons. The molecule has 3 nitrogen and oxygen atoms in total. The third kappa shape index (κ3) is 4.01. The summed E-state index contributed by atoms with van der Waals surface area (Å²) in [6.07, 6.45) is 5.32. The summed E-state index contributed by atoms with van der Waals surface area (Å²) in [5.41, 5.74) is 1.30. The Labute approximate surface area is 145 Å². The third-order valence-electron chi connectivity index (χ3n) is 4.38. The maximum atomic E-state index is 12.3. The van der Waals surface area contributed by atoms with E-state index in [0.717, 1.165) is 30.7 Å². The second kappa shape index (κ2) is 7.28. The summed E-state index contributed by atoms with van der Waals surface area (Å²) in [4.78, 5) is 17.7. The Hall–Kier alpha value is -1.65. The molecule has 0 unspecified atom stereocenters. The molecule has 0 aliphatic heterocycles. The molecule has 1 saturated carbocycles. The van der Waals surface area contributed by atoms with Crippen LogP contribution in [0.4, 0.5) is 0 Å². The predicted molar refractivity (Wildman–Crippen MR) is 93.0 cm³/mol. The average Bonchev–Trinajstić information content (AvgIpc) is 2.58. The van der Waals surface area contributed by atoms with Crippen LogP contribution in [-0.4, -0.2) is 10.7 Å². The highest BCUT2D eigenvalue weighted by Crippen LogP contribution is 2.36. The number of aromatic nitrogens is 1. The van der Waals surface area contributed by atoms with Gasteiger partial charge in [-0.2, -0.15) is 4.73 Å².